The Labute approximate surface area is 203 Å². The Morgan fingerprint density at radius 3 is 2.51 bits per heavy atom. The van der Waals surface area contributed by atoms with Crippen LogP contribution < -0.4 is 11.2 Å². The van der Waals surface area contributed by atoms with E-state index in [1.165, 1.54) is 11.7 Å². The van der Waals surface area contributed by atoms with Crippen LogP contribution in [0.15, 0.2) is 58.3 Å². The van der Waals surface area contributed by atoms with Gasteiger partial charge >= 0.3 is 11.7 Å². The van der Waals surface area contributed by atoms with Crippen molar-refractivity contribution in [3.8, 4) is 0 Å². The predicted molar refractivity (Wildman–Crippen MR) is 137 cm³/mol. The number of aromatic nitrogens is 3. The molecule has 7 nitrogen and oxygen atoms in total. The number of carbonyl (C=O) groups is 1. The Hall–Kier alpha value is -3.61. The standard InChI is InChI=1S/C28H31N3O4/c1-17-10-9-14-22-24(17)21(16-29-22)18(2)30-23-15-8-7-13-20(23)26(32)31(28(30)34)25(27(33)35-3)19-11-5-4-6-12-19/h7-10,13-16,18-19,25,29H,4-6,11-12H2,1-3H3/t18?,25-/m1/s1. The van der Waals surface area contributed by atoms with Crippen LogP contribution in [0.25, 0.3) is 21.8 Å². The van der Waals surface area contributed by atoms with Gasteiger partial charge in [0.05, 0.1) is 24.1 Å². The van der Waals surface area contributed by atoms with Gasteiger partial charge in [0.2, 0.25) is 0 Å². The minimum absolute atomic E-state index is 0.109. The number of rotatable bonds is 5. The van der Waals surface area contributed by atoms with Gasteiger partial charge in [0.15, 0.2) is 0 Å². The smallest absolute Gasteiger partial charge is 0.332 e. The van der Waals surface area contributed by atoms with Crippen molar-refractivity contribution in [3.63, 3.8) is 0 Å². The van der Waals surface area contributed by atoms with Gasteiger partial charge in [-0.05, 0) is 56.4 Å². The largest absolute Gasteiger partial charge is 0.467 e. The van der Waals surface area contributed by atoms with Crippen molar-refractivity contribution >= 4 is 27.8 Å². The zero-order chi connectivity index (χ0) is 24.7. The Kier molecular flexibility index (Phi) is 6.09. The van der Waals surface area contributed by atoms with Gasteiger partial charge in [0.1, 0.15) is 6.04 Å². The van der Waals surface area contributed by atoms with Crippen molar-refractivity contribution in [2.24, 2.45) is 5.92 Å². The number of nitrogens with zero attached hydrogens (tertiary/aromatic N) is 2. The number of aryl methyl sites for hydroxylation is 1. The van der Waals surface area contributed by atoms with Gasteiger partial charge in [-0.3, -0.25) is 9.36 Å². The van der Waals surface area contributed by atoms with Crippen LogP contribution in [0.1, 0.15) is 62.2 Å². The maximum Gasteiger partial charge on any atom is 0.332 e. The van der Waals surface area contributed by atoms with Crippen LogP contribution in [-0.4, -0.2) is 27.2 Å². The molecule has 1 aliphatic carbocycles. The molecule has 0 aliphatic heterocycles. The third-order valence-electron chi connectivity index (χ3n) is 7.62. The Bertz CT molecular complexity index is 1520. The summed E-state index contributed by atoms with van der Waals surface area (Å²) in [6, 6.07) is 11.9. The molecule has 2 aromatic heterocycles. The van der Waals surface area contributed by atoms with Crippen molar-refractivity contribution in [1.82, 2.24) is 14.1 Å². The third-order valence-corrected chi connectivity index (χ3v) is 7.62. The highest BCUT2D eigenvalue weighted by Gasteiger charge is 2.36. The third kappa shape index (κ3) is 3.79. The number of methoxy groups -OCH3 is 1. The molecule has 0 spiro atoms. The number of nitrogens with one attached hydrogen (secondary N) is 1. The van der Waals surface area contributed by atoms with Crippen molar-refractivity contribution in [2.75, 3.05) is 7.11 Å². The van der Waals surface area contributed by atoms with E-state index < -0.39 is 23.3 Å². The summed E-state index contributed by atoms with van der Waals surface area (Å²) in [4.78, 5) is 44.3. The molecule has 0 amide bonds. The average Bonchev–Trinajstić information content (AvgIpc) is 3.32. The summed E-state index contributed by atoms with van der Waals surface area (Å²) in [5.41, 5.74) is 2.69. The second-order valence-electron chi connectivity index (χ2n) is 9.63. The molecule has 1 fully saturated rings. The first-order valence-electron chi connectivity index (χ1n) is 12.3. The molecule has 0 saturated heterocycles. The number of aromatic amines is 1. The van der Waals surface area contributed by atoms with Crippen LogP contribution in [0.3, 0.4) is 0 Å². The fourth-order valence-electron chi connectivity index (χ4n) is 5.87. The van der Waals surface area contributed by atoms with E-state index in [9.17, 15) is 14.4 Å². The van der Waals surface area contributed by atoms with Crippen LogP contribution in [0, 0.1) is 12.8 Å². The highest BCUT2D eigenvalue weighted by Crippen LogP contribution is 2.34. The molecular weight excluding hydrogens is 442 g/mol. The van der Waals surface area contributed by atoms with E-state index in [-0.39, 0.29) is 12.0 Å². The highest BCUT2D eigenvalue weighted by atomic mass is 16.5. The molecule has 2 atom stereocenters. The van der Waals surface area contributed by atoms with Crippen molar-refractivity contribution in [1.29, 1.82) is 0 Å². The summed E-state index contributed by atoms with van der Waals surface area (Å²) in [7, 11) is 1.32. The van der Waals surface area contributed by atoms with Crippen molar-refractivity contribution < 1.29 is 9.53 Å². The van der Waals surface area contributed by atoms with Crippen LogP contribution in [-0.2, 0) is 9.53 Å². The molecule has 182 valence electrons. The lowest BCUT2D eigenvalue weighted by Gasteiger charge is -2.30. The summed E-state index contributed by atoms with van der Waals surface area (Å²) >= 11 is 0. The van der Waals surface area contributed by atoms with Crippen molar-refractivity contribution in [2.45, 2.75) is 58.0 Å². The molecule has 0 radical (unpaired) electrons. The van der Waals surface area contributed by atoms with Crippen LogP contribution in [0.2, 0.25) is 0 Å². The van der Waals surface area contributed by atoms with Crippen LogP contribution in [0.4, 0.5) is 0 Å². The number of hydrogen-bond acceptors (Lipinski definition) is 4. The Morgan fingerprint density at radius 2 is 1.77 bits per heavy atom. The summed E-state index contributed by atoms with van der Waals surface area (Å²) in [5.74, 6) is -0.643. The monoisotopic (exact) mass is 473 g/mol. The number of benzene rings is 2. The minimum Gasteiger partial charge on any atom is -0.467 e. The van der Waals surface area contributed by atoms with E-state index in [2.05, 4.69) is 4.98 Å². The lowest BCUT2D eigenvalue weighted by atomic mass is 9.83. The summed E-state index contributed by atoms with van der Waals surface area (Å²) < 4.78 is 7.96. The van der Waals surface area contributed by atoms with Gasteiger partial charge < -0.3 is 9.72 Å². The lowest BCUT2D eigenvalue weighted by Crippen LogP contribution is -2.48. The first-order chi connectivity index (χ1) is 16.9. The minimum atomic E-state index is -0.937. The number of esters is 1. The van der Waals surface area contributed by atoms with Gasteiger partial charge in [-0.2, -0.15) is 0 Å². The maximum absolute atomic E-state index is 14.2. The average molecular weight is 474 g/mol. The molecule has 5 rings (SSSR count). The summed E-state index contributed by atoms with van der Waals surface area (Å²) in [5, 5.41) is 1.48. The normalized spacial score (nSPS) is 16.4. The highest BCUT2D eigenvalue weighted by molar-refractivity contribution is 5.87. The van der Waals surface area contributed by atoms with E-state index >= 15 is 0 Å². The fraction of sp³-hybridized carbons (Fsp3) is 0.393. The van der Waals surface area contributed by atoms with E-state index in [0.29, 0.717) is 10.9 Å². The van der Waals surface area contributed by atoms with Crippen LogP contribution >= 0.6 is 0 Å². The van der Waals surface area contributed by atoms with Gasteiger partial charge in [-0.1, -0.05) is 43.5 Å². The number of carbonyl (C=O) groups excluding carboxylic acids is 1. The molecule has 7 heteroatoms. The molecule has 1 saturated carbocycles. The maximum atomic E-state index is 14.2. The number of ether oxygens (including phenoxy) is 1. The van der Waals surface area contributed by atoms with Crippen molar-refractivity contribution in [3.05, 3.63) is 80.6 Å². The second kappa shape index (κ2) is 9.21. The number of H-pyrrole nitrogens is 1. The zero-order valence-electron chi connectivity index (χ0n) is 20.4. The fourth-order valence-corrected chi connectivity index (χ4v) is 5.87. The van der Waals surface area contributed by atoms with Gasteiger partial charge in [-0.25, -0.2) is 14.2 Å². The zero-order valence-corrected chi connectivity index (χ0v) is 20.4. The van der Waals surface area contributed by atoms with E-state index in [4.69, 9.17) is 4.74 Å². The quantitative estimate of drug-likeness (QED) is 0.420. The Morgan fingerprint density at radius 1 is 1.03 bits per heavy atom. The predicted octanol–water partition coefficient (Wildman–Crippen LogP) is 4.86. The molecule has 1 unspecified atom stereocenters. The molecule has 1 N–H and O–H groups in total. The lowest BCUT2D eigenvalue weighted by molar-refractivity contribution is -0.147. The SMILES string of the molecule is COC(=O)[C@@H](C1CCCCC1)n1c(=O)c2ccccc2n(C(C)c2c[nH]c3cccc(C)c23)c1=O. The molecule has 4 aromatic rings. The molecule has 2 heterocycles. The van der Waals surface area contributed by atoms with Gasteiger partial charge in [0, 0.05) is 22.7 Å². The first kappa shape index (κ1) is 23.1. The topological polar surface area (TPSA) is 86.1 Å². The van der Waals surface area contributed by atoms with Gasteiger partial charge in [0.25, 0.3) is 5.56 Å². The number of fused-ring (bicyclic) bond motifs is 2. The van der Waals surface area contributed by atoms with E-state index in [1.807, 2.05) is 44.3 Å². The van der Waals surface area contributed by atoms with E-state index in [0.717, 1.165) is 54.1 Å². The number of hydrogen-bond donors (Lipinski definition) is 1. The van der Waals surface area contributed by atoms with E-state index in [1.54, 1.807) is 22.8 Å². The Balaban J connectivity index is 1.79. The summed E-state index contributed by atoms with van der Waals surface area (Å²) in [6.07, 6.45) is 6.54. The molecule has 1 aliphatic rings. The number of para-hydroxylation sites is 1. The first-order valence-corrected chi connectivity index (χ1v) is 12.3. The van der Waals surface area contributed by atoms with Gasteiger partial charge in [-0.15, -0.1) is 0 Å². The van der Waals surface area contributed by atoms with Crippen LogP contribution in [0.5, 0.6) is 0 Å². The second-order valence-corrected chi connectivity index (χ2v) is 9.63. The molecule has 35 heavy (non-hydrogen) atoms. The molecular formula is C28H31N3O4. The molecule has 0 bridgehead atoms. The summed E-state index contributed by atoms with van der Waals surface area (Å²) in [6.45, 7) is 4.01. The molecule has 2 aromatic carbocycles.